The molecule has 1 N–H and O–H groups in total. The Morgan fingerprint density at radius 3 is 2.95 bits per heavy atom. The molecule has 7 nitrogen and oxygen atoms in total. The number of aromatic nitrogens is 4. The molecule has 0 unspecified atom stereocenters. The lowest BCUT2D eigenvalue weighted by Crippen LogP contribution is -2.63. The number of amides is 1. The van der Waals surface area contributed by atoms with Gasteiger partial charge in [-0.15, -0.1) is 5.10 Å². The third kappa shape index (κ3) is 2.51. The Bertz CT molecular complexity index is 509. The van der Waals surface area contributed by atoms with Gasteiger partial charge in [-0.05, 0) is 22.8 Å². The van der Waals surface area contributed by atoms with Crippen LogP contribution in [0.15, 0.2) is 6.33 Å². The molecule has 1 aliphatic heterocycles. The van der Waals surface area contributed by atoms with Gasteiger partial charge in [-0.3, -0.25) is 4.79 Å². The lowest BCUT2D eigenvalue weighted by molar-refractivity contribution is -0.130. The van der Waals surface area contributed by atoms with Crippen molar-refractivity contribution in [2.45, 2.75) is 57.2 Å². The monoisotopic (exact) mass is 305 g/mol. The standard InChI is InChI=1S/C15H23N5O2/c21-12(5-7-20-9-16-18-19-20)17-14-11-6-8-22-15(11)13(14)10-3-1-2-4-10/h9-11,13-15H,1-8H2,(H,17,21)/t11-,13+,14+,15-/m0/s1. The van der Waals surface area contributed by atoms with Crippen LogP contribution in [-0.4, -0.2) is 44.9 Å². The number of fused-ring (bicyclic) bond motifs is 1. The zero-order valence-electron chi connectivity index (χ0n) is 12.7. The average Bonchev–Trinajstić information content (AvgIpc) is 3.25. The largest absolute Gasteiger partial charge is 0.377 e. The quantitative estimate of drug-likeness (QED) is 0.869. The summed E-state index contributed by atoms with van der Waals surface area (Å²) >= 11 is 0. The lowest BCUT2D eigenvalue weighted by Gasteiger charge is -2.50. The van der Waals surface area contributed by atoms with Gasteiger partial charge >= 0.3 is 0 Å². The molecule has 22 heavy (non-hydrogen) atoms. The first kappa shape index (κ1) is 14.1. The maximum atomic E-state index is 12.3. The van der Waals surface area contributed by atoms with Crippen molar-refractivity contribution >= 4 is 5.91 Å². The van der Waals surface area contributed by atoms with Gasteiger partial charge in [0.1, 0.15) is 6.33 Å². The number of nitrogens with one attached hydrogen (secondary N) is 1. The Hall–Kier alpha value is -1.50. The van der Waals surface area contributed by atoms with Crippen LogP contribution in [0.1, 0.15) is 38.5 Å². The molecule has 120 valence electrons. The normalized spacial score (nSPS) is 34.4. The number of aryl methyl sites for hydroxylation is 1. The summed E-state index contributed by atoms with van der Waals surface area (Å²) in [5, 5.41) is 14.2. The fourth-order valence-corrected chi connectivity index (χ4v) is 4.62. The fourth-order valence-electron chi connectivity index (χ4n) is 4.62. The van der Waals surface area contributed by atoms with E-state index in [1.165, 1.54) is 25.7 Å². The third-order valence-corrected chi connectivity index (χ3v) is 5.67. The molecule has 4 rings (SSSR count). The van der Waals surface area contributed by atoms with Crippen LogP contribution in [0.3, 0.4) is 0 Å². The second kappa shape index (κ2) is 5.95. The molecule has 0 aromatic carbocycles. The number of carbonyl (C=O) groups is 1. The van der Waals surface area contributed by atoms with E-state index in [1.54, 1.807) is 11.0 Å². The molecule has 1 aromatic rings. The molecule has 1 saturated heterocycles. The number of carbonyl (C=O) groups excluding carboxylic acids is 1. The van der Waals surface area contributed by atoms with Crippen LogP contribution in [0.5, 0.6) is 0 Å². The Labute approximate surface area is 129 Å². The lowest BCUT2D eigenvalue weighted by atomic mass is 9.61. The summed E-state index contributed by atoms with van der Waals surface area (Å²) in [6.07, 6.45) is 8.72. The highest BCUT2D eigenvalue weighted by Crippen LogP contribution is 2.51. The maximum Gasteiger partial charge on any atom is 0.222 e. The first-order valence-corrected chi connectivity index (χ1v) is 8.44. The van der Waals surface area contributed by atoms with Crippen molar-refractivity contribution in [3.8, 4) is 0 Å². The van der Waals surface area contributed by atoms with Gasteiger partial charge in [0.2, 0.25) is 5.91 Å². The van der Waals surface area contributed by atoms with Crippen molar-refractivity contribution < 1.29 is 9.53 Å². The summed E-state index contributed by atoms with van der Waals surface area (Å²) < 4.78 is 7.52. The van der Waals surface area contributed by atoms with E-state index >= 15 is 0 Å². The molecule has 2 aliphatic carbocycles. The molecule has 3 aliphatic rings. The number of hydrogen-bond donors (Lipinski definition) is 1. The van der Waals surface area contributed by atoms with Crippen molar-refractivity contribution in [1.29, 1.82) is 0 Å². The number of ether oxygens (including phenoxy) is 1. The van der Waals surface area contributed by atoms with Crippen molar-refractivity contribution in [3.63, 3.8) is 0 Å². The van der Waals surface area contributed by atoms with E-state index in [4.69, 9.17) is 4.74 Å². The first-order chi connectivity index (χ1) is 10.8. The fraction of sp³-hybridized carbons (Fsp3) is 0.867. The summed E-state index contributed by atoms with van der Waals surface area (Å²) in [5.41, 5.74) is 0. The van der Waals surface area contributed by atoms with E-state index in [2.05, 4.69) is 20.8 Å². The highest BCUT2D eigenvalue weighted by atomic mass is 16.5. The Morgan fingerprint density at radius 1 is 1.32 bits per heavy atom. The molecule has 2 saturated carbocycles. The van der Waals surface area contributed by atoms with Gasteiger partial charge in [-0.25, -0.2) is 4.68 Å². The van der Waals surface area contributed by atoms with Gasteiger partial charge in [-0.2, -0.15) is 0 Å². The summed E-state index contributed by atoms with van der Waals surface area (Å²) in [6.45, 7) is 1.39. The van der Waals surface area contributed by atoms with Gasteiger partial charge < -0.3 is 10.1 Å². The maximum absolute atomic E-state index is 12.3. The van der Waals surface area contributed by atoms with E-state index in [1.807, 2.05) is 0 Å². The van der Waals surface area contributed by atoms with Crippen LogP contribution in [0.25, 0.3) is 0 Å². The average molecular weight is 305 g/mol. The topological polar surface area (TPSA) is 81.9 Å². The molecule has 7 heteroatoms. The van der Waals surface area contributed by atoms with Gasteiger partial charge in [0.05, 0.1) is 12.6 Å². The van der Waals surface area contributed by atoms with E-state index in [9.17, 15) is 4.79 Å². The minimum absolute atomic E-state index is 0.105. The van der Waals surface area contributed by atoms with E-state index in [-0.39, 0.29) is 5.91 Å². The molecule has 0 radical (unpaired) electrons. The number of tetrazole rings is 1. The van der Waals surface area contributed by atoms with Crippen molar-refractivity contribution in [3.05, 3.63) is 6.33 Å². The molecular weight excluding hydrogens is 282 g/mol. The van der Waals surface area contributed by atoms with Crippen LogP contribution in [-0.2, 0) is 16.1 Å². The second-order valence-electron chi connectivity index (χ2n) is 6.83. The summed E-state index contributed by atoms with van der Waals surface area (Å²) in [7, 11) is 0. The summed E-state index contributed by atoms with van der Waals surface area (Å²) in [6, 6.07) is 0.317. The minimum atomic E-state index is 0.105. The smallest absolute Gasteiger partial charge is 0.222 e. The first-order valence-electron chi connectivity index (χ1n) is 8.44. The molecule has 3 fully saturated rings. The van der Waals surface area contributed by atoms with Crippen molar-refractivity contribution in [2.75, 3.05) is 6.61 Å². The predicted molar refractivity (Wildman–Crippen MR) is 77.7 cm³/mol. The number of nitrogens with zero attached hydrogens (tertiary/aromatic N) is 4. The van der Waals surface area contributed by atoms with Crippen LogP contribution >= 0.6 is 0 Å². The minimum Gasteiger partial charge on any atom is -0.377 e. The predicted octanol–water partition coefficient (Wildman–Crippen LogP) is 0.773. The molecule has 0 spiro atoms. The van der Waals surface area contributed by atoms with Crippen molar-refractivity contribution in [2.24, 2.45) is 17.8 Å². The third-order valence-electron chi connectivity index (χ3n) is 5.67. The van der Waals surface area contributed by atoms with Gasteiger partial charge in [0, 0.05) is 30.9 Å². The van der Waals surface area contributed by atoms with Crippen LogP contribution in [0.2, 0.25) is 0 Å². The highest BCUT2D eigenvalue weighted by Gasteiger charge is 2.56. The molecule has 1 aromatic heterocycles. The van der Waals surface area contributed by atoms with Crippen molar-refractivity contribution in [1.82, 2.24) is 25.5 Å². The Morgan fingerprint density at radius 2 is 2.18 bits per heavy atom. The second-order valence-corrected chi connectivity index (χ2v) is 6.83. The molecule has 4 atom stereocenters. The Kier molecular flexibility index (Phi) is 3.82. The van der Waals surface area contributed by atoms with Crippen LogP contribution in [0.4, 0.5) is 0 Å². The molecule has 2 heterocycles. The number of rotatable bonds is 5. The summed E-state index contributed by atoms with van der Waals surface area (Å²) in [4.78, 5) is 12.3. The highest BCUT2D eigenvalue weighted by molar-refractivity contribution is 5.76. The summed E-state index contributed by atoms with van der Waals surface area (Å²) in [5.74, 6) is 1.91. The zero-order valence-corrected chi connectivity index (χ0v) is 12.7. The Balaban J connectivity index is 1.34. The number of hydrogen-bond acceptors (Lipinski definition) is 5. The zero-order chi connectivity index (χ0) is 14.9. The van der Waals surface area contributed by atoms with E-state index in [0.717, 1.165) is 18.9 Å². The van der Waals surface area contributed by atoms with Gasteiger partial charge in [0.25, 0.3) is 0 Å². The molecule has 1 amide bonds. The van der Waals surface area contributed by atoms with E-state index < -0.39 is 0 Å². The molecule has 0 bridgehead atoms. The van der Waals surface area contributed by atoms with Crippen LogP contribution < -0.4 is 5.32 Å². The van der Waals surface area contributed by atoms with Crippen LogP contribution in [0, 0.1) is 17.8 Å². The van der Waals surface area contributed by atoms with E-state index in [0.29, 0.717) is 36.9 Å². The molecular formula is C15H23N5O2. The van der Waals surface area contributed by atoms with Gasteiger partial charge in [0.15, 0.2) is 0 Å². The SMILES string of the molecule is O=C(CCn1cnnn1)N[C@@H]1[C@@H]2CCO[C@@H]2[C@@H]1C1CCCC1. The van der Waals surface area contributed by atoms with Gasteiger partial charge in [-0.1, -0.05) is 25.7 Å².